The topological polar surface area (TPSA) is 119 Å². The molecule has 4 amide bonds. The van der Waals surface area contributed by atoms with Crippen molar-refractivity contribution in [2.75, 3.05) is 46.2 Å². The number of benzene rings is 3. The van der Waals surface area contributed by atoms with E-state index in [1.165, 1.54) is 32.2 Å². The molecule has 2 N–H and O–H groups in total. The van der Waals surface area contributed by atoms with E-state index < -0.39 is 35.5 Å². The Balaban J connectivity index is 1.40. The van der Waals surface area contributed by atoms with Crippen molar-refractivity contribution in [3.05, 3.63) is 70.5 Å². The lowest BCUT2D eigenvalue weighted by Crippen LogP contribution is -2.56. The van der Waals surface area contributed by atoms with E-state index >= 15 is 4.39 Å². The van der Waals surface area contributed by atoms with Crippen molar-refractivity contribution < 1.29 is 33.4 Å². The van der Waals surface area contributed by atoms with Crippen LogP contribution in [-0.4, -0.2) is 84.5 Å². The molecule has 0 aromatic heterocycles. The van der Waals surface area contributed by atoms with Gasteiger partial charge in [0.1, 0.15) is 17.5 Å². The second-order valence-corrected chi connectivity index (χ2v) is 12.2. The molecule has 46 heavy (non-hydrogen) atoms. The number of hydrogen-bond acceptors (Lipinski definition) is 6. The number of imide groups is 1. The summed E-state index contributed by atoms with van der Waals surface area (Å²) < 4.78 is 21.3. The first-order chi connectivity index (χ1) is 21.9. The van der Waals surface area contributed by atoms with Gasteiger partial charge in [-0.25, -0.2) is 9.18 Å². The van der Waals surface area contributed by atoms with Gasteiger partial charge in [0.05, 0.1) is 18.1 Å². The predicted molar refractivity (Wildman–Crippen MR) is 172 cm³/mol. The van der Waals surface area contributed by atoms with Gasteiger partial charge in [-0.3, -0.25) is 24.2 Å². The average Bonchev–Trinajstić information content (AvgIpc) is 3.04. The van der Waals surface area contributed by atoms with Gasteiger partial charge in [0.15, 0.2) is 0 Å². The number of methoxy groups -OCH3 is 1. The number of hydrogen-bond donors (Lipinski definition) is 2. The fourth-order valence-electron chi connectivity index (χ4n) is 6.12. The highest BCUT2D eigenvalue weighted by Gasteiger charge is 2.39. The maximum absolute atomic E-state index is 15.7. The fourth-order valence-corrected chi connectivity index (χ4v) is 6.46. The monoisotopic (exact) mass is 650 g/mol. The van der Waals surface area contributed by atoms with Crippen molar-refractivity contribution >= 4 is 41.1 Å². The number of amides is 4. The molecule has 12 heteroatoms. The van der Waals surface area contributed by atoms with Crippen LogP contribution in [0.5, 0.6) is 5.75 Å². The number of carboxylic acids is 1. The van der Waals surface area contributed by atoms with Crippen LogP contribution in [0.15, 0.2) is 48.5 Å². The summed E-state index contributed by atoms with van der Waals surface area (Å²) in [5, 5.41) is 12.5. The molecule has 0 saturated carbocycles. The Morgan fingerprint density at radius 1 is 1.04 bits per heavy atom. The first kappa shape index (κ1) is 32.9. The second-order valence-electron chi connectivity index (χ2n) is 11.8. The van der Waals surface area contributed by atoms with Crippen LogP contribution in [-0.2, 0) is 20.9 Å². The van der Waals surface area contributed by atoms with Gasteiger partial charge in [0, 0.05) is 49.6 Å². The molecule has 2 fully saturated rings. The zero-order chi connectivity index (χ0) is 33.3. The highest BCUT2D eigenvalue weighted by Crippen LogP contribution is 2.41. The van der Waals surface area contributed by atoms with E-state index in [2.05, 4.69) is 5.32 Å². The quantitative estimate of drug-likeness (QED) is 0.309. The lowest BCUT2D eigenvalue weighted by atomic mass is 9.94. The number of carboxylic acid groups (broad SMARTS) is 1. The number of ether oxygens (including phenoxy) is 1. The fraction of sp³-hybridized carbons (Fsp3) is 0.353. The molecule has 0 aliphatic carbocycles. The molecular formula is C34H36ClFN4O6. The zero-order valence-electron chi connectivity index (χ0n) is 26.1. The lowest BCUT2D eigenvalue weighted by Gasteiger charge is -2.33. The van der Waals surface area contributed by atoms with Crippen LogP contribution in [0.4, 0.5) is 14.9 Å². The molecule has 242 valence electrons. The van der Waals surface area contributed by atoms with Crippen LogP contribution in [0, 0.1) is 24.6 Å². The molecule has 0 radical (unpaired) electrons. The molecule has 2 heterocycles. The van der Waals surface area contributed by atoms with Crippen molar-refractivity contribution in [3.8, 4) is 28.0 Å². The maximum atomic E-state index is 15.7. The molecule has 0 bridgehead atoms. The van der Waals surface area contributed by atoms with Crippen LogP contribution < -0.4 is 10.1 Å². The van der Waals surface area contributed by atoms with Gasteiger partial charge in [-0.2, -0.15) is 0 Å². The number of rotatable bonds is 8. The minimum Gasteiger partial charge on any atom is -0.496 e. The third kappa shape index (κ3) is 6.43. The number of anilines is 1. The molecule has 1 unspecified atom stereocenters. The van der Waals surface area contributed by atoms with E-state index in [-0.39, 0.29) is 12.5 Å². The standard InChI is InChI=1S/C34H36ClFN4O6/c1-19-22(7-6-10-28(19)37-31(41)26-17-38(2)34(45)39(3)32(26)42)24-9-5-8-23(30(24)35)21-15-27(36)25(29(16-21)46-4)18-40-13-11-20(12-14-40)33(43)44/h5-10,15-16,20,26H,11-14,17-18H2,1-4H3,(H,37,41)(H,43,44). The minimum atomic E-state index is -1.05. The third-order valence-electron chi connectivity index (χ3n) is 8.90. The number of aliphatic carboxylic acids is 1. The predicted octanol–water partition coefficient (Wildman–Crippen LogP) is 5.51. The Bertz CT molecular complexity index is 1710. The SMILES string of the molecule is COc1cc(-c2cccc(-c3cccc(NC(=O)C4CN(C)C(=O)N(C)C4=O)c3C)c2Cl)cc(F)c1CN1CCC(C(=O)O)CC1. The van der Waals surface area contributed by atoms with Gasteiger partial charge in [-0.15, -0.1) is 0 Å². The molecular weight excluding hydrogens is 615 g/mol. The third-order valence-corrected chi connectivity index (χ3v) is 9.31. The Morgan fingerprint density at radius 2 is 1.70 bits per heavy atom. The average molecular weight is 651 g/mol. The molecule has 3 aromatic rings. The van der Waals surface area contributed by atoms with Crippen molar-refractivity contribution in [2.24, 2.45) is 11.8 Å². The molecule has 2 aliphatic rings. The minimum absolute atomic E-state index is 0.0253. The number of urea groups is 1. The number of carbonyl (C=O) groups is 4. The van der Waals surface area contributed by atoms with Crippen molar-refractivity contribution in [1.29, 1.82) is 0 Å². The number of piperidine rings is 1. The van der Waals surface area contributed by atoms with Gasteiger partial charge < -0.3 is 20.1 Å². The Labute approximate surface area is 271 Å². The summed E-state index contributed by atoms with van der Waals surface area (Å²) in [4.78, 5) is 53.6. The van der Waals surface area contributed by atoms with Gasteiger partial charge >= 0.3 is 12.0 Å². The molecule has 1 atom stereocenters. The largest absolute Gasteiger partial charge is 0.496 e. The Morgan fingerprint density at radius 3 is 2.37 bits per heavy atom. The number of likely N-dealkylation sites (tertiary alicyclic amines) is 1. The van der Waals surface area contributed by atoms with Gasteiger partial charge in [-0.1, -0.05) is 41.9 Å². The smallest absolute Gasteiger partial charge is 0.326 e. The molecule has 3 aromatic carbocycles. The Kier molecular flexibility index (Phi) is 9.64. The number of halogens is 2. The molecule has 2 saturated heterocycles. The van der Waals surface area contributed by atoms with Crippen LogP contribution in [0.3, 0.4) is 0 Å². The Hall–Kier alpha value is -4.48. The van der Waals surface area contributed by atoms with E-state index in [0.29, 0.717) is 76.8 Å². The van der Waals surface area contributed by atoms with E-state index in [1.807, 2.05) is 30.0 Å². The van der Waals surface area contributed by atoms with E-state index in [9.17, 15) is 24.3 Å². The van der Waals surface area contributed by atoms with Gasteiger partial charge in [0.2, 0.25) is 11.8 Å². The second kappa shape index (κ2) is 13.5. The van der Waals surface area contributed by atoms with Crippen LogP contribution in [0.25, 0.3) is 22.3 Å². The van der Waals surface area contributed by atoms with E-state index in [4.69, 9.17) is 16.3 Å². The van der Waals surface area contributed by atoms with E-state index in [0.717, 1.165) is 10.5 Å². The molecule has 2 aliphatic heterocycles. The van der Waals surface area contributed by atoms with Crippen LogP contribution in [0.2, 0.25) is 5.02 Å². The normalized spacial score (nSPS) is 17.7. The summed E-state index contributed by atoms with van der Waals surface area (Å²) in [6, 6.07) is 13.5. The molecule has 5 rings (SSSR count). The molecule has 10 nitrogen and oxygen atoms in total. The zero-order valence-corrected chi connectivity index (χ0v) is 26.9. The molecule has 0 spiro atoms. The summed E-state index contributed by atoms with van der Waals surface area (Å²) >= 11 is 6.98. The highest BCUT2D eigenvalue weighted by molar-refractivity contribution is 6.36. The van der Waals surface area contributed by atoms with Crippen molar-refractivity contribution in [3.63, 3.8) is 0 Å². The van der Waals surface area contributed by atoms with E-state index in [1.54, 1.807) is 24.3 Å². The van der Waals surface area contributed by atoms with Crippen LogP contribution >= 0.6 is 11.6 Å². The highest BCUT2D eigenvalue weighted by atomic mass is 35.5. The van der Waals surface area contributed by atoms with Gasteiger partial charge in [-0.05, 0) is 67.7 Å². The number of nitrogens with one attached hydrogen (secondary N) is 1. The summed E-state index contributed by atoms with van der Waals surface area (Å²) in [6.45, 7) is 3.21. The summed E-state index contributed by atoms with van der Waals surface area (Å²) in [5.41, 5.74) is 4.10. The first-order valence-electron chi connectivity index (χ1n) is 14.9. The summed E-state index contributed by atoms with van der Waals surface area (Å²) in [6.07, 6.45) is 1.02. The maximum Gasteiger partial charge on any atom is 0.326 e. The van der Waals surface area contributed by atoms with Gasteiger partial charge in [0.25, 0.3) is 0 Å². The number of carbonyl (C=O) groups excluding carboxylic acids is 3. The van der Waals surface area contributed by atoms with Crippen molar-refractivity contribution in [1.82, 2.24) is 14.7 Å². The summed E-state index contributed by atoms with van der Waals surface area (Å²) in [5.74, 6) is -3.40. The first-order valence-corrected chi connectivity index (χ1v) is 15.3. The summed E-state index contributed by atoms with van der Waals surface area (Å²) in [7, 11) is 4.37. The lowest BCUT2D eigenvalue weighted by molar-refractivity contribution is -0.143. The number of nitrogens with zero attached hydrogens (tertiary/aromatic N) is 3. The van der Waals surface area contributed by atoms with Crippen LogP contribution in [0.1, 0.15) is 24.0 Å². The van der Waals surface area contributed by atoms with Crippen molar-refractivity contribution in [2.45, 2.75) is 26.3 Å².